The third-order valence-electron chi connectivity index (χ3n) is 0.882. The molecule has 0 aromatic rings. The van der Waals surface area contributed by atoms with Gasteiger partial charge < -0.3 is 15.8 Å². The highest BCUT2D eigenvalue weighted by Crippen LogP contribution is 1.85. The number of rotatable bonds is 3. The van der Waals surface area contributed by atoms with Crippen molar-refractivity contribution < 1.29 is 5.11 Å². The summed E-state index contributed by atoms with van der Waals surface area (Å²) in [7, 11) is 1.71. The zero-order valence-electron chi connectivity index (χ0n) is 5.73. The Morgan fingerprint density at radius 1 is 1.78 bits per heavy atom. The molecule has 0 heterocycles. The van der Waals surface area contributed by atoms with Crippen LogP contribution < -0.4 is 5.32 Å². The molecule has 0 aliphatic heterocycles. The lowest BCUT2D eigenvalue weighted by Crippen LogP contribution is -2.10. The van der Waals surface area contributed by atoms with E-state index in [1.807, 2.05) is 0 Å². The maximum atomic E-state index is 8.55. The van der Waals surface area contributed by atoms with E-state index in [0.29, 0.717) is 11.4 Å². The van der Waals surface area contributed by atoms with Crippen LogP contribution in [0.1, 0.15) is 6.92 Å². The molecule has 3 heteroatoms. The van der Waals surface area contributed by atoms with Crippen molar-refractivity contribution in [2.75, 3.05) is 13.7 Å². The van der Waals surface area contributed by atoms with E-state index in [1.54, 1.807) is 20.0 Å². The normalized spacial score (nSPS) is 11.2. The number of hydrogen-bond acceptors (Lipinski definition) is 3. The molecule has 0 unspecified atom stereocenters. The van der Waals surface area contributed by atoms with Crippen LogP contribution in [-0.2, 0) is 0 Å². The molecule has 0 atom stereocenters. The monoisotopic (exact) mass is 128 g/mol. The fraction of sp³-hybridized carbons (Fsp3) is 0.500. The van der Waals surface area contributed by atoms with Crippen LogP contribution in [0.25, 0.3) is 0 Å². The van der Waals surface area contributed by atoms with Crippen molar-refractivity contribution in [3.8, 4) is 0 Å². The van der Waals surface area contributed by atoms with Crippen LogP contribution in [0.2, 0.25) is 0 Å². The Kier molecular flexibility index (Phi) is 3.71. The van der Waals surface area contributed by atoms with Crippen LogP contribution in [-0.4, -0.2) is 24.5 Å². The van der Waals surface area contributed by atoms with Gasteiger partial charge >= 0.3 is 0 Å². The van der Waals surface area contributed by atoms with E-state index < -0.39 is 0 Å². The molecule has 0 fully saturated rings. The summed E-state index contributed by atoms with van der Waals surface area (Å²) in [5.74, 6) is 0. The maximum Gasteiger partial charge on any atom is 0.0828 e. The van der Waals surface area contributed by atoms with Gasteiger partial charge in [-0.05, 0) is 13.0 Å². The van der Waals surface area contributed by atoms with Crippen molar-refractivity contribution in [2.45, 2.75) is 6.92 Å². The molecule has 0 aliphatic carbocycles. The van der Waals surface area contributed by atoms with Crippen molar-refractivity contribution in [3.63, 3.8) is 0 Å². The highest BCUT2D eigenvalue weighted by Gasteiger charge is 1.88. The minimum Gasteiger partial charge on any atom is -0.390 e. The van der Waals surface area contributed by atoms with Crippen molar-refractivity contribution in [1.29, 1.82) is 5.41 Å². The first-order chi connectivity index (χ1) is 4.20. The average Bonchev–Trinajstić information content (AvgIpc) is 1.82. The molecule has 0 bridgehead atoms. The summed E-state index contributed by atoms with van der Waals surface area (Å²) < 4.78 is 0. The number of likely N-dealkylation sites (N-methyl/N-ethyl adjacent to an activating group) is 1. The average molecular weight is 128 g/mol. The largest absolute Gasteiger partial charge is 0.390 e. The lowest BCUT2D eigenvalue weighted by molar-refractivity contribution is 0.324. The quantitative estimate of drug-likeness (QED) is 0.473. The number of hydrogen-bond donors (Lipinski definition) is 3. The molecule has 3 N–H and O–H groups in total. The SMILES string of the molecule is CN/C(=C\C(C)=N)CO. The Labute approximate surface area is 54.9 Å². The summed E-state index contributed by atoms with van der Waals surface area (Å²) >= 11 is 0. The van der Waals surface area contributed by atoms with E-state index in [0.717, 1.165) is 0 Å². The van der Waals surface area contributed by atoms with Gasteiger partial charge in [0.25, 0.3) is 0 Å². The second-order valence-corrected chi connectivity index (χ2v) is 1.76. The Balaban J connectivity index is 3.91. The predicted octanol–water partition coefficient (Wildman–Crippen LogP) is 0.122. The fourth-order valence-electron chi connectivity index (χ4n) is 0.458. The van der Waals surface area contributed by atoms with Crippen molar-refractivity contribution >= 4 is 5.71 Å². The number of aliphatic hydroxyl groups is 1. The van der Waals surface area contributed by atoms with Crippen LogP contribution in [0.3, 0.4) is 0 Å². The first kappa shape index (κ1) is 8.17. The summed E-state index contributed by atoms with van der Waals surface area (Å²) in [6.07, 6.45) is 1.58. The van der Waals surface area contributed by atoms with E-state index in [1.165, 1.54) is 0 Å². The van der Waals surface area contributed by atoms with Crippen LogP contribution in [0, 0.1) is 5.41 Å². The summed E-state index contributed by atoms with van der Waals surface area (Å²) in [5, 5.41) is 18.3. The molecule has 52 valence electrons. The molecule has 0 aliphatic rings. The van der Waals surface area contributed by atoms with Gasteiger partial charge in [-0.2, -0.15) is 0 Å². The molecular formula is C6H12N2O. The zero-order valence-corrected chi connectivity index (χ0v) is 5.73. The molecule has 0 rings (SSSR count). The third-order valence-corrected chi connectivity index (χ3v) is 0.882. The van der Waals surface area contributed by atoms with Gasteiger partial charge in [0, 0.05) is 18.5 Å². The molecule has 9 heavy (non-hydrogen) atoms. The van der Waals surface area contributed by atoms with Crippen LogP contribution in [0.15, 0.2) is 11.8 Å². The first-order valence-corrected chi connectivity index (χ1v) is 2.75. The van der Waals surface area contributed by atoms with Gasteiger partial charge in [0.05, 0.1) is 6.61 Å². The lowest BCUT2D eigenvalue weighted by atomic mass is 10.3. The summed E-state index contributed by atoms with van der Waals surface area (Å²) in [4.78, 5) is 0. The smallest absolute Gasteiger partial charge is 0.0828 e. The molecule has 3 nitrogen and oxygen atoms in total. The van der Waals surface area contributed by atoms with Crippen molar-refractivity contribution in [1.82, 2.24) is 5.32 Å². The van der Waals surface area contributed by atoms with E-state index in [-0.39, 0.29) is 6.61 Å². The highest BCUT2D eigenvalue weighted by molar-refractivity contribution is 5.90. The summed E-state index contributed by atoms with van der Waals surface area (Å²) in [6.45, 7) is 1.62. The van der Waals surface area contributed by atoms with Gasteiger partial charge in [0.15, 0.2) is 0 Å². The molecule has 0 spiro atoms. The molecule has 0 aromatic heterocycles. The van der Waals surface area contributed by atoms with E-state index >= 15 is 0 Å². The number of aliphatic hydroxyl groups excluding tert-OH is 1. The number of allylic oxidation sites excluding steroid dienone is 1. The second-order valence-electron chi connectivity index (χ2n) is 1.76. The molecule has 0 saturated heterocycles. The van der Waals surface area contributed by atoms with Crippen LogP contribution >= 0.6 is 0 Å². The topological polar surface area (TPSA) is 56.1 Å². The Morgan fingerprint density at radius 2 is 2.33 bits per heavy atom. The third kappa shape index (κ3) is 3.73. The molecule has 0 radical (unpaired) electrons. The van der Waals surface area contributed by atoms with E-state index in [4.69, 9.17) is 10.5 Å². The minimum atomic E-state index is -0.0350. The standard InChI is InChI=1S/C6H12N2O/c1-5(7)3-6(4-9)8-2/h3,7-9H,4H2,1-2H3/b6-3-,7-5?. The second kappa shape index (κ2) is 4.09. The highest BCUT2D eigenvalue weighted by atomic mass is 16.3. The lowest BCUT2D eigenvalue weighted by Gasteiger charge is -1.99. The molecule has 0 aromatic carbocycles. The van der Waals surface area contributed by atoms with Crippen LogP contribution in [0.5, 0.6) is 0 Å². The molecule has 0 saturated carbocycles. The first-order valence-electron chi connectivity index (χ1n) is 2.75. The van der Waals surface area contributed by atoms with Crippen molar-refractivity contribution in [3.05, 3.63) is 11.8 Å². The maximum absolute atomic E-state index is 8.55. The van der Waals surface area contributed by atoms with Crippen molar-refractivity contribution in [2.24, 2.45) is 0 Å². The molecular weight excluding hydrogens is 116 g/mol. The predicted molar refractivity (Wildman–Crippen MR) is 37.6 cm³/mol. The van der Waals surface area contributed by atoms with Gasteiger partial charge in [-0.1, -0.05) is 0 Å². The summed E-state index contributed by atoms with van der Waals surface area (Å²) in [5.41, 5.74) is 1.11. The van der Waals surface area contributed by atoms with Gasteiger partial charge in [0.2, 0.25) is 0 Å². The van der Waals surface area contributed by atoms with E-state index in [2.05, 4.69) is 5.32 Å². The minimum absolute atomic E-state index is 0.0350. The van der Waals surface area contributed by atoms with Gasteiger partial charge in [-0.15, -0.1) is 0 Å². The molecule has 0 amide bonds. The summed E-state index contributed by atoms with van der Waals surface area (Å²) in [6, 6.07) is 0. The Hall–Kier alpha value is -0.830. The number of nitrogens with one attached hydrogen (secondary N) is 2. The van der Waals surface area contributed by atoms with Crippen LogP contribution in [0.4, 0.5) is 0 Å². The van der Waals surface area contributed by atoms with Gasteiger partial charge in [-0.3, -0.25) is 0 Å². The Morgan fingerprint density at radius 3 is 2.44 bits per heavy atom. The Bertz CT molecular complexity index is 123. The van der Waals surface area contributed by atoms with E-state index in [9.17, 15) is 0 Å². The van der Waals surface area contributed by atoms with Gasteiger partial charge in [-0.25, -0.2) is 0 Å². The van der Waals surface area contributed by atoms with Gasteiger partial charge in [0.1, 0.15) is 0 Å². The fourth-order valence-corrected chi connectivity index (χ4v) is 0.458. The zero-order chi connectivity index (χ0) is 7.28.